The lowest BCUT2D eigenvalue weighted by atomic mass is 10.1. The van der Waals surface area contributed by atoms with Crippen LogP contribution >= 0.6 is 11.6 Å². The number of benzene rings is 2. The Morgan fingerprint density at radius 1 is 1.11 bits per heavy atom. The van der Waals surface area contributed by atoms with E-state index < -0.39 is 5.60 Å². The number of nitrogens with one attached hydrogen (secondary N) is 2. The highest BCUT2D eigenvalue weighted by molar-refractivity contribution is 6.30. The quantitative estimate of drug-likeness (QED) is 0.779. The summed E-state index contributed by atoms with van der Waals surface area (Å²) in [4.78, 5) is 24.2. The van der Waals surface area contributed by atoms with E-state index in [0.29, 0.717) is 21.9 Å². The fourth-order valence-corrected chi connectivity index (χ4v) is 2.37. The Balaban J connectivity index is 1.97. The van der Waals surface area contributed by atoms with Crippen LogP contribution < -0.4 is 15.4 Å². The molecule has 0 atom stereocenters. The van der Waals surface area contributed by atoms with E-state index in [1.807, 2.05) is 0 Å². The van der Waals surface area contributed by atoms with E-state index >= 15 is 0 Å². The lowest BCUT2D eigenvalue weighted by Crippen LogP contribution is -2.46. The number of hydrogen-bond donors (Lipinski definition) is 2. The summed E-state index contributed by atoms with van der Waals surface area (Å²) < 4.78 is 5.73. The summed E-state index contributed by atoms with van der Waals surface area (Å²) in [6.45, 7) is 3.48. The smallest absolute Gasteiger partial charge is 0.264 e. The summed E-state index contributed by atoms with van der Waals surface area (Å²) in [5.41, 5.74) is 0.0168. The molecule has 0 radical (unpaired) electrons. The van der Waals surface area contributed by atoms with Crippen LogP contribution in [0.2, 0.25) is 5.02 Å². The van der Waals surface area contributed by atoms with E-state index in [2.05, 4.69) is 22.5 Å². The van der Waals surface area contributed by atoms with Gasteiger partial charge in [0.1, 0.15) is 5.75 Å². The van der Waals surface area contributed by atoms with Gasteiger partial charge in [0.05, 0.1) is 12.1 Å². The Bertz CT molecular complexity index is 880. The molecule has 2 aromatic carbocycles. The summed E-state index contributed by atoms with van der Waals surface area (Å²) in [5, 5.41) is 5.89. The zero-order valence-electron chi connectivity index (χ0n) is 15.4. The van der Waals surface area contributed by atoms with E-state index in [1.54, 1.807) is 69.4 Å². The first-order chi connectivity index (χ1) is 12.8. The van der Waals surface area contributed by atoms with E-state index in [4.69, 9.17) is 16.3 Å². The van der Waals surface area contributed by atoms with Crippen LogP contribution in [0.4, 0.5) is 0 Å². The molecule has 2 rings (SSSR count). The van der Waals surface area contributed by atoms with Crippen molar-refractivity contribution in [3.63, 3.8) is 0 Å². The van der Waals surface area contributed by atoms with Gasteiger partial charge in [-0.15, -0.1) is 0 Å². The number of halogens is 1. The second kappa shape index (κ2) is 9.11. The van der Waals surface area contributed by atoms with Crippen molar-refractivity contribution in [2.24, 2.45) is 0 Å². The summed E-state index contributed by atoms with van der Waals surface area (Å²) in [6.07, 6.45) is 0. The van der Waals surface area contributed by atoms with Gasteiger partial charge in [-0.25, -0.2) is 0 Å². The van der Waals surface area contributed by atoms with Crippen molar-refractivity contribution < 1.29 is 14.3 Å². The fourth-order valence-electron chi connectivity index (χ4n) is 2.25. The van der Waals surface area contributed by atoms with Gasteiger partial charge in [-0.2, -0.15) is 0 Å². The molecule has 0 saturated carbocycles. The maximum absolute atomic E-state index is 12.4. The topological polar surface area (TPSA) is 67.4 Å². The summed E-state index contributed by atoms with van der Waals surface area (Å²) in [5.74, 6) is 5.81. The van der Waals surface area contributed by atoms with E-state index in [-0.39, 0.29) is 18.4 Å². The van der Waals surface area contributed by atoms with Crippen LogP contribution in [0, 0.1) is 11.8 Å². The van der Waals surface area contributed by atoms with Crippen molar-refractivity contribution in [3.05, 3.63) is 64.7 Å². The fraction of sp³-hybridized carbons (Fsp3) is 0.238. The zero-order valence-corrected chi connectivity index (χ0v) is 16.2. The number of carbonyl (C=O) groups is 2. The average Bonchev–Trinajstić information content (AvgIpc) is 2.66. The molecular weight excluding hydrogens is 364 g/mol. The summed E-state index contributed by atoms with van der Waals surface area (Å²) in [7, 11) is 1.57. The van der Waals surface area contributed by atoms with Crippen LogP contribution in [0.25, 0.3) is 0 Å². The molecule has 0 saturated heterocycles. The number of ether oxygens (including phenoxy) is 1. The first-order valence-corrected chi connectivity index (χ1v) is 8.74. The largest absolute Gasteiger partial charge is 0.478 e. The lowest BCUT2D eigenvalue weighted by molar-refractivity contribution is -0.133. The van der Waals surface area contributed by atoms with Crippen LogP contribution in [0.5, 0.6) is 5.75 Å². The molecular formula is C21H21ClN2O3. The Kier molecular flexibility index (Phi) is 6.86. The van der Waals surface area contributed by atoms with E-state index in [1.165, 1.54) is 0 Å². The van der Waals surface area contributed by atoms with Crippen LogP contribution in [-0.4, -0.2) is 31.0 Å². The molecule has 0 aliphatic carbocycles. The van der Waals surface area contributed by atoms with Gasteiger partial charge in [0.25, 0.3) is 11.8 Å². The highest BCUT2D eigenvalue weighted by atomic mass is 35.5. The molecule has 2 amide bonds. The third kappa shape index (κ3) is 5.77. The van der Waals surface area contributed by atoms with Gasteiger partial charge in [-0.1, -0.05) is 35.6 Å². The van der Waals surface area contributed by atoms with Crippen LogP contribution in [0.1, 0.15) is 29.8 Å². The highest BCUT2D eigenvalue weighted by Crippen LogP contribution is 2.20. The molecule has 0 heterocycles. The van der Waals surface area contributed by atoms with Crippen LogP contribution in [0.3, 0.4) is 0 Å². The maximum atomic E-state index is 12.4. The molecule has 2 N–H and O–H groups in total. The molecule has 0 aliphatic heterocycles. The van der Waals surface area contributed by atoms with Gasteiger partial charge in [0.15, 0.2) is 5.60 Å². The summed E-state index contributed by atoms with van der Waals surface area (Å²) in [6, 6.07) is 13.8. The normalized spacial score (nSPS) is 10.4. The standard InChI is InChI=1S/C21H21ClN2O3/c1-21(2,27-17-12-10-16(22)11-13-17)20(26)24-14-6-8-15-7-4-5-9-18(15)19(25)23-3/h4-5,7,9-13H,14H2,1-3H3,(H,23,25)(H,24,26). The molecule has 140 valence electrons. The highest BCUT2D eigenvalue weighted by Gasteiger charge is 2.29. The van der Waals surface area contributed by atoms with Crippen molar-refractivity contribution in [1.29, 1.82) is 0 Å². The summed E-state index contributed by atoms with van der Waals surface area (Å²) >= 11 is 5.85. The third-order valence-corrected chi connectivity index (χ3v) is 3.94. The van der Waals surface area contributed by atoms with Crippen LogP contribution in [0.15, 0.2) is 48.5 Å². The van der Waals surface area contributed by atoms with Crippen molar-refractivity contribution >= 4 is 23.4 Å². The molecule has 0 aromatic heterocycles. The molecule has 5 nitrogen and oxygen atoms in total. The minimum Gasteiger partial charge on any atom is -0.478 e. The van der Waals surface area contributed by atoms with Crippen LogP contribution in [-0.2, 0) is 4.79 Å². The van der Waals surface area contributed by atoms with E-state index in [0.717, 1.165) is 0 Å². The minimum absolute atomic E-state index is 0.133. The Morgan fingerprint density at radius 3 is 2.44 bits per heavy atom. The molecule has 27 heavy (non-hydrogen) atoms. The van der Waals surface area contributed by atoms with Gasteiger partial charge >= 0.3 is 0 Å². The van der Waals surface area contributed by atoms with Crippen molar-refractivity contribution in [2.45, 2.75) is 19.4 Å². The number of rotatable bonds is 5. The molecule has 2 aromatic rings. The second-order valence-corrected chi connectivity index (χ2v) is 6.61. The van der Waals surface area contributed by atoms with Crippen molar-refractivity contribution in [3.8, 4) is 17.6 Å². The van der Waals surface area contributed by atoms with Gasteiger partial charge in [0.2, 0.25) is 0 Å². The van der Waals surface area contributed by atoms with E-state index in [9.17, 15) is 9.59 Å². The Hall–Kier alpha value is -2.97. The molecule has 0 bridgehead atoms. The first kappa shape index (κ1) is 20.3. The first-order valence-electron chi connectivity index (χ1n) is 8.36. The predicted octanol–water partition coefficient (Wildman–Crippen LogP) is 3.02. The predicted molar refractivity (Wildman–Crippen MR) is 106 cm³/mol. The molecule has 0 spiro atoms. The van der Waals surface area contributed by atoms with Crippen molar-refractivity contribution in [2.75, 3.05) is 13.6 Å². The number of carbonyl (C=O) groups excluding carboxylic acids is 2. The Labute approximate surface area is 164 Å². The lowest BCUT2D eigenvalue weighted by Gasteiger charge is -2.24. The zero-order chi connectivity index (χ0) is 19.9. The van der Waals surface area contributed by atoms with Crippen molar-refractivity contribution in [1.82, 2.24) is 10.6 Å². The average molecular weight is 385 g/mol. The number of amides is 2. The van der Waals surface area contributed by atoms with Gasteiger partial charge in [-0.3, -0.25) is 9.59 Å². The minimum atomic E-state index is -1.07. The molecule has 0 aliphatic rings. The molecule has 0 fully saturated rings. The second-order valence-electron chi connectivity index (χ2n) is 6.18. The SMILES string of the molecule is CNC(=O)c1ccccc1C#CCNC(=O)C(C)(C)Oc1ccc(Cl)cc1. The Morgan fingerprint density at radius 2 is 1.78 bits per heavy atom. The van der Waals surface area contributed by atoms with Gasteiger partial charge in [0, 0.05) is 17.6 Å². The maximum Gasteiger partial charge on any atom is 0.264 e. The molecule has 6 heteroatoms. The number of hydrogen-bond acceptors (Lipinski definition) is 3. The third-order valence-electron chi connectivity index (χ3n) is 3.69. The van der Waals surface area contributed by atoms with Gasteiger partial charge < -0.3 is 15.4 Å². The molecule has 0 unspecified atom stereocenters. The van der Waals surface area contributed by atoms with Gasteiger partial charge in [-0.05, 0) is 50.2 Å². The monoisotopic (exact) mass is 384 g/mol.